The molecule has 0 aliphatic heterocycles. The molecule has 1 unspecified atom stereocenters. The van der Waals surface area contributed by atoms with Crippen LogP contribution in [0, 0.1) is 0 Å². The monoisotopic (exact) mass is 230 g/mol. The van der Waals surface area contributed by atoms with E-state index in [1.807, 2.05) is 0 Å². The molecule has 0 spiro atoms. The van der Waals surface area contributed by atoms with E-state index in [-0.39, 0.29) is 12.0 Å². The zero-order chi connectivity index (χ0) is 12.0. The second-order valence-electron chi connectivity index (χ2n) is 4.08. The molecule has 0 saturated heterocycles. The SMILES string of the molecule is CNC(CN(CCOC)C1CC1)C(=O)OC. The van der Waals surface area contributed by atoms with Crippen LogP contribution in [0.2, 0.25) is 0 Å². The van der Waals surface area contributed by atoms with Gasteiger partial charge >= 0.3 is 5.97 Å². The average Bonchev–Trinajstić information content (AvgIpc) is 3.12. The predicted molar refractivity (Wildman–Crippen MR) is 61.3 cm³/mol. The van der Waals surface area contributed by atoms with Crippen molar-refractivity contribution in [1.29, 1.82) is 0 Å². The van der Waals surface area contributed by atoms with Crippen molar-refractivity contribution in [1.82, 2.24) is 10.2 Å². The summed E-state index contributed by atoms with van der Waals surface area (Å²) in [6.07, 6.45) is 2.45. The number of carbonyl (C=O) groups is 1. The third kappa shape index (κ3) is 4.08. The first kappa shape index (κ1) is 13.4. The highest BCUT2D eigenvalue weighted by Gasteiger charge is 2.31. The summed E-state index contributed by atoms with van der Waals surface area (Å²) in [4.78, 5) is 13.7. The number of methoxy groups -OCH3 is 2. The minimum absolute atomic E-state index is 0.203. The Hall–Kier alpha value is -0.650. The van der Waals surface area contributed by atoms with Crippen LogP contribution in [0.5, 0.6) is 0 Å². The zero-order valence-corrected chi connectivity index (χ0v) is 10.4. The van der Waals surface area contributed by atoms with Crippen LogP contribution in [0.4, 0.5) is 0 Å². The first-order chi connectivity index (χ1) is 7.72. The lowest BCUT2D eigenvalue weighted by Crippen LogP contribution is -2.46. The topological polar surface area (TPSA) is 50.8 Å². The van der Waals surface area contributed by atoms with Gasteiger partial charge in [-0.1, -0.05) is 0 Å². The molecular formula is C11H22N2O3. The van der Waals surface area contributed by atoms with Gasteiger partial charge in [0.1, 0.15) is 6.04 Å². The third-order valence-corrected chi connectivity index (χ3v) is 2.90. The number of hydrogen-bond donors (Lipinski definition) is 1. The van der Waals surface area contributed by atoms with Gasteiger partial charge < -0.3 is 14.8 Å². The standard InChI is InChI=1S/C11H22N2O3/c1-12-10(11(14)16-3)8-13(6-7-15-2)9-4-5-9/h9-10,12H,4-8H2,1-3H3. The molecule has 1 rings (SSSR count). The van der Waals surface area contributed by atoms with Gasteiger partial charge in [0, 0.05) is 26.2 Å². The van der Waals surface area contributed by atoms with Crippen molar-refractivity contribution < 1.29 is 14.3 Å². The van der Waals surface area contributed by atoms with E-state index in [0.717, 1.165) is 6.54 Å². The summed E-state index contributed by atoms with van der Waals surface area (Å²) >= 11 is 0. The number of nitrogens with one attached hydrogen (secondary N) is 1. The first-order valence-corrected chi connectivity index (χ1v) is 5.71. The molecule has 0 amide bonds. The molecule has 1 aliphatic rings. The van der Waals surface area contributed by atoms with E-state index in [4.69, 9.17) is 9.47 Å². The number of rotatable bonds is 8. The summed E-state index contributed by atoms with van der Waals surface area (Å²) < 4.78 is 9.82. The minimum atomic E-state index is -0.248. The van der Waals surface area contributed by atoms with E-state index < -0.39 is 0 Å². The molecule has 0 heterocycles. The largest absolute Gasteiger partial charge is 0.468 e. The Morgan fingerprint density at radius 2 is 2.19 bits per heavy atom. The molecule has 0 bridgehead atoms. The Morgan fingerprint density at radius 1 is 1.50 bits per heavy atom. The fourth-order valence-electron chi connectivity index (χ4n) is 1.73. The summed E-state index contributed by atoms with van der Waals surface area (Å²) in [6, 6.07) is 0.373. The van der Waals surface area contributed by atoms with E-state index in [1.54, 1.807) is 14.2 Å². The smallest absolute Gasteiger partial charge is 0.324 e. The maximum absolute atomic E-state index is 11.5. The van der Waals surface area contributed by atoms with Crippen molar-refractivity contribution >= 4 is 5.97 Å². The number of hydrogen-bond acceptors (Lipinski definition) is 5. The molecule has 0 aromatic heterocycles. The summed E-state index contributed by atoms with van der Waals surface area (Å²) in [5, 5.41) is 2.99. The molecule has 94 valence electrons. The normalized spacial score (nSPS) is 17.5. The number of nitrogens with zero attached hydrogens (tertiary/aromatic N) is 1. The maximum Gasteiger partial charge on any atom is 0.324 e. The number of likely N-dealkylation sites (N-methyl/N-ethyl adjacent to an activating group) is 1. The van der Waals surface area contributed by atoms with Crippen molar-refractivity contribution in [2.75, 3.05) is 41.0 Å². The molecule has 5 nitrogen and oxygen atoms in total. The van der Waals surface area contributed by atoms with Gasteiger partial charge in [-0.05, 0) is 19.9 Å². The maximum atomic E-state index is 11.5. The Bertz CT molecular complexity index is 219. The van der Waals surface area contributed by atoms with E-state index in [9.17, 15) is 4.79 Å². The fourth-order valence-corrected chi connectivity index (χ4v) is 1.73. The van der Waals surface area contributed by atoms with Crippen LogP contribution in [0.15, 0.2) is 0 Å². The fraction of sp³-hybridized carbons (Fsp3) is 0.909. The minimum Gasteiger partial charge on any atom is -0.468 e. The molecular weight excluding hydrogens is 208 g/mol. The Balaban J connectivity index is 2.41. The van der Waals surface area contributed by atoms with Crippen LogP contribution in [0.3, 0.4) is 0 Å². The molecule has 1 N–H and O–H groups in total. The molecule has 1 saturated carbocycles. The molecule has 1 atom stereocenters. The average molecular weight is 230 g/mol. The first-order valence-electron chi connectivity index (χ1n) is 5.71. The zero-order valence-electron chi connectivity index (χ0n) is 10.4. The van der Waals surface area contributed by atoms with Gasteiger partial charge in [-0.15, -0.1) is 0 Å². The summed E-state index contributed by atoms with van der Waals surface area (Å²) in [5.74, 6) is -0.203. The van der Waals surface area contributed by atoms with Crippen LogP contribution in [0.25, 0.3) is 0 Å². The lowest BCUT2D eigenvalue weighted by Gasteiger charge is -2.25. The van der Waals surface area contributed by atoms with E-state index in [2.05, 4.69) is 10.2 Å². The van der Waals surface area contributed by atoms with Gasteiger partial charge in [-0.3, -0.25) is 9.69 Å². The Morgan fingerprint density at radius 3 is 2.62 bits per heavy atom. The second-order valence-corrected chi connectivity index (χ2v) is 4.08. The van der Waals surface area contributed by atoms with E-state index in [1.165, 1.54) is 20.0 Å². The number of carbonyl (C=O) groups excluding carboxylic acids is 1. The molecule has 1 aliphatic carbocycles. The van der Waals surface area contributed by atoms with Gasteiger partial charge in [0.05, 0.1) is 13.7 Å². The van der Waals surface area contributed by atoms with Crippen LogP contribution in [-0.2, 0) is 14.3 Å². The van der Waals surface area contributed by atoms with Crippen molar-refractivity contribution in [3.05, 3.63) is 0 Å². The Labute approximate surface area is 97.1 Å². The molecule has 1 fully saturated rings. The Kier molecular flexibility index (Phi) is 5.73. The highest BCUT2D eigenvalue weighted by Crippen LogP contribution is 2.26. The van der Waals surface area contributed by atoms with E-state index >= 15 is 0 Å². The van der Waals surface area contributed by atoms with Crippen molar-refractivity contribution in [3.8, 4) is 0 Å². The molecule has 16 heavy (non-hydrogen) atoms. The summed E-state index contributed by atoms with van der Waals surface area (Å²) in [6.45, 7) is 2.27. The highest BCUT2D eigenvalue weighted by atomic mass is 16.5. The van der Waals surface area contributed by atoms with Crippen LogP contribution in [0.1, 0.15) is 12.8 Å². The van der Waals surface area contributed by atoms with Crippen molar-refractivity contribution in [2.45, 2.75) is 24.9 Å². The predicted octanol–water partition coefficient (Wildman–Crippen LogP) is -0.142. The third-order valence-electron chi connectivity index (χ3n) is 2.90. The number of esters is 1. The van der Waals surface area contributed by atoms with Gasteiger partial charge in [0.15, 0.2) is 0 Å². The number of ether oxygens (including phenoxy) is 2. The van der Waals surface area contributed by atoms with Crippen LogP contribution >= 0.6 is 0 Å². The summed E-state index contributed by atoms with van der Waals surface area (Å²) in [7, 11) is 4.90. The molecule has 5 heteroatoms. The van der Waals surface area contributed by atoms with Gasteiger partial charge in [-0.25, -0.2) is 0 Å². The lowest BCUT2D eigenvalue weighted by molar-refractivity contribution is -0.143. The van der Waals surface area contributed by atoms with Crippen molar-refractivity contribution in [2.24, 2.45) is 0 Å². The molecule has 0 aromatic carbocycles. The summed E-state index contributed by atoms with van der Waals surface area (Å²) in [5.41, 5.74) is 0. The molecule has 0 aromatic rings. The van der Waals surface area contributed by atoms with Gasteiger partial charge in [-0.2, -0.15) is 0 Å². The van der Waals surface area contributed by atoms with Gasteiger partial charge in [0.25, 0.3) is 0 Å². The van der Waals surface area contributed by atoms with E-state index in [0.29, 0.717) is 19.2 Å². The van der Waals surface area contributed by atoms with Gasteiger partial charge in [0.2, 0.25) is 0 Å². The lowest BCUT2D eigenvalue weighted by atomic mass is 10.2. The van der Waals surface area contributed by atoms with Crippen LogP contribution in [-0.4, -0.2) is 63.9 Å². The quantitative estimate of drug-likeness (QED) is 0.588. The second kappa shape index (κ2) is 6.83. The molecule has 0 radical (unpaired) electrons. The van der Waals surface area contributed by atoms with Crippen molar-refractivity contribution in [3.63, 3.8) is 0 Å². The highest BCUT2D eigenvalue weighted by molar-refractivity contribution is 5.75. The van der Waals surface area contributed by atoms with Crippen LogP contribution < -0.4 is 5.32 Å².